The number of nitrogens with zero attached hydrogens (tertiary/aromatic N) is 2. The van der Waals surface area contributed by atoms with Crippen LogP contribution in [0.1, 0.15) is 28.9 Å². The monoisotopic (exact) mass is 341 g/mol. The minimum absolute atomic E-state index is 0.0805. The lowest BCUT2D eigenvalue weighted by atomic mass is 10.2. The standard InChI is InChI=1S/C17H15N3O3S/c1-10(21)14-9-24-17(19-14)20-15(22)8-13-11(2)23-16(18-13)12-6-4-3-5-7-12/h3-7,9H,8H2,1-2H3,(H,19,20,22). The molecule has 0 radical (unpaired) electrons. The molecule has 0 aliphatic carbocycles. The molecule has 2 heterocycles. The number of amides is 1. The fourth-order valence-corrected chi connectivity index (χ4v) is 2.87. The first kappa shape index (κ1) is 16.1. The third-order valence-corrected chi connectivity index (χ3v) is 4.11. The van der Waals surface area contributed by atoms with Crippen molar-refractivity contribution >= 4 is 28.2 Å². The van der Waals surface area contributed by atoms with Crippen molar-refractivity contribution in [2.75, 3.05) is 5.32 Å². The first-order valence-corrected chi connectivity index (χ1v) is 8.19. The molecule has 7 heteroatoms. The second kappa shape index (κ2) is 6.76. The van der Waals surface area contributed by atoms with Crippen LogP contribution in [0.5, 0.6) is 0 Å². The third-order valence-electron chi connectivity index (χ3n) is 3.35. The van der Waals surface area contributed by atoms with Gasteiger partial charge in [0.1, 0.15) is 11.5 Å². The zero-order chi connectivity index (χ0) is 17.1. The van der Waals surface area contributed by atoms with E-state index >= 15 is 0 Å². The minimum Gasteiger partial charge on any atom is -0.441 e. The molecule has 0 bridgehead atoms. The van der Waals surface area contributed by atoms with Gasteiger partial charge >= 0.3 is 0 Å². The highest BCUT2D eigenvalue weighted by Crippen LogP contribution is 2.22. The number of rotatable bonds is 5. The number of thiazole rings is 1. The maximum Gasteiger partial charge on any atom is 0.232 e. The molecule has 6 nitrogen and oxygen atoms in total. The molecule has 1 aromatic carbocycles. The highest BCUT2D eigenvalue weighted by molar-refractivity contribution is 7.14. The lowest BCUT2D eigenvalue weighted by Gasteiger charge is -1.99. The van der Waals surface area contributed by atoms with Crippen LogP contribution in [-0.2, 0) is 11.2 Å². The number of aryl methyl sites for hydroxylation is 1. The molecule has 122 valence electrons. The summed E-state index contributed by atoms with van der Waals surface area (Å²) in [6.07, 6.45) is 0.0805. The van der Waals surface area contributed by atoms with Gasteiger partial charge < -0.3 is 9.73 Å². The van der Waals surface area contributed by atoms with E-state index in [1.165, 1.54) is 18.3 Å². The number of carbonyl (C=O) groups excluding carboxylic acids is 2. The second-order valence-electron chi connectivity index (χ2n) is 5.21. The zero-order valence-electron chi connectivity index (χ0n) is 13.2. The van der Waals surface area contributed by atoms with Crippen molar-refractivity contribution in [2.24, 2.45) is 0 Å². The first-order chi connectivity index (χ1) is 11.5. The van der Waals surface area contributed by atoms with Gasteiger partial charge in [-0.05, 0) is 19.1 Å². The van der Waals surface area contributed by atoms with Crippen molar-refractivity contribution in [3.63, 3.8) is 0 Å². The molecule has 0 fully saturated rings. The fourth-order valence-electron chi connectivity index (χ4n) is 2.10. The minimum atomic E-state index is -0.254. The van der Waals surface area contributed by atoms with Crippen LogP contribution in [0, 0.1) is 6.92 Å². The summed E-state index contributed by atoms with van der Waals surface area (Å²) in [5, 5.41) is 4.69. The highest BCUT2D eigenvalue weighted by atomic mass is 32.1. The molecule has 1 N–H and O–H groups in total. The number of benzene rings is 1. The quantitative estimate of drug-likeness (QED) is 0.718. The molecule has 0 unspecified atom stereocenters. The van der Waals surface area contributed by atoms with Crippen LogP contribution in [0.2, 0.25) is 0 Å². The van der Waals surface area contributed by atoms with Gasteiger partial charge in [0, 0.05) is 17.9 Å². The fraction of sp³-hybridized carbons (Fsp3) is 0.176. The first-order valence-electron chi connectivity index (χ1n) is 7.31. The van der Waals surface area contributed by atoms with Crippen molar-refractivity contribution in [3.05, 3.63) is 52.9 Å². The summed E-state index contributed by atoms with van der Waals surface area (Å²) < 4.78 is 5.64. The Morgan fingerprint density at radius 3 is 2.62 bits per heavy atom. The molecule has 0 saturated heterocycles. The smallest absolute Gasteiger partial charge is 0.232 e. The molecule has 1 amide bonds. The van der Waals surface area contributed by atoms with Gasteiger partial charge in [0.2, 0.25) is 11.8 Å². The number of nitrogens with one attached hydrogen (secondary N) is 1. The van der Waals surface area contributed by atoms with Gasteiger partial charge in [-0.2, -0.15) is 0 Å². The van der Waals surface area contributed by atoms with E-state index in [1.54, 1.807) is 12.3 Å². The molecule has 0 saturated carbocycles. The molecule has 0 aliphatic rings. The number of ketones is 1. The van der Waals surface area contributed by atoms with Gasteiger partial charge in [-0.15, -0.1) is 11.3 Å². The number of anilines is 1. The summed E-state index contributed by atoms with van der Waals surface area (Å²) in [4.78, 5) is 31.8. The van der Waals surface area contributed by atoms with Crippen LogP contribution in [0.15, 0.2) is 40.1 Å². The lowest BCUT2D eigenvalue weighted by Crippen LogP contribution is -2.15. The Labute approximate surface area is 142 Å². The molecule has 2 aromatic heterocycles. The Kier molecular flexibility index (Phi) is 4.52. The van der Waals surface area contributed by atoms with Crippen LogP contribution in [0.25, 0.3) is 11.5 Å². The van der Waals surface area contributed by atoms with E-state index in [0.29, 0.717) is 28.2 Å². The van der Waals surface area contributed by atoms with Gasteiger partial charge in [0.25, 0.3) is 0 Å². The predicted molar refractivity (Wildman–Crippen MR) is 91.1 cm³/mol. The Bertz CT molecular complexity index is 884. The average molecular weight is 341 g/mol. The normalized spacial score (nSPS) is 10.6. The molecule has 0 atom stereocenters. The van der Waals surface area contributed by atoms with Crippen LogP contribution in [0.4, 0.5) is 5.13 Å². The maximum atomic E-state index is 12.1. The number of Topliss-reactive ketones (excluding diaryl/α,β-unsaturated/α-hetero) is 1. The summed E-state index contributed by atoms with van der Waals surface area (Å²) in [6, 6.07) is 9.51. The topological polar surface area (TPSA) is 85.1 Å². The SMILES string of the molecule is CC(=O)c1csc(NC(=O)Cc2nc(-c3ccccc3)oc2C)n1. The van der Waals surface area contributed by atoms with Gasteiger partial charge in [0.05, 0.1) is 12.1 Å². The summed E-state index contributed by atoms with van der Waals surface area (Å²) in [6.45, 7) is 3.21. The van der Waals surface area contributed by atoms with Crippen molar-refractivity contribution in [1.29, 1.82) is 0 Å². The summed E-state index contributed by atoms with van der Waals surface area (Å²) in [5.41, 5.74) is 1.78. The molecule has 3 aromatic rings. The Morgan fingerprint density at radius 2 is 1.96 bits per heavy atom. The van der Waals surface area contributed by atoms with E-state index in [9.17, 15) is 9.59 Å². The molecule has 0 spiro atoms. The maximum absolute atomic E-state index is 12.1. The van der Waals surface area contributed by atoms with Crippen LogP contribution in [-0.4, -0.2) is 21.7 Å². The third kappa shape index (κ3) is 3.57. The summed E-state index contributed by atoms with van der Waals surface area (Å²) in [5.74, 6) is 0.707. The number of hydrogen-bond acceptors (Lipinski definition) is 6. The van der Waals surface area contributed by atoms with Crippen LogP contribution < -0.4 is 5.32 Å². The van der Waals surface area contributed by atoms with Crippen molar-refractivity contribution in [3.8, 4) is 11.5 Å². The Balaban J connectivity index is 1.70. The van der Waals surface area contributed by atoms with E-state index in [4.69, 9.17) is 4.42 Å². The van der Waals surface area contributed by atoms with Crippen molar-refractivity contribution in [2.45, 2.75) is 20.3 Å². The molecule has 24 heavy (non-hydrogen) atoms. The Morgan fingerprint density at radius 1 is 1.21 bits per heavy atom. The summed E-state index contributed by atoms with van der Waals surface area (Å²) in [7, 11) is 0. The molecule has 3 rings (SSSR count). The molecular formula is C17H15N3O3S. The van der Waals surface area contributed by atoms with E-state index in [0.717, 1.165) is 5.56 Å². The predicted octanol–water partition coefficient (Wildman–Crippen LogP) is 3.49. The zero-order valence-corrected chi connectivity index (χ0v) is 14.0. The number of aromatic nitrogens is 2. The largest absolute Gasteiger partial charge is 0.441 e. The molecule has 0 aliphatic heterocycles. The van der Waals surface area contributed by atoms with Gasteiger partial charge in [0.15, 0.2) is 10.9 Å². The van der Waals surface area contributed by atoms with Crippen molar-refractivity contribution < 1.29 is 14.0 Å². The van der Waals surface area contributed by atoms with E-state index < -0.39 is 0 Å². The van der Waals surface area contributed by atoms with Crippen LogP contribution >= 0.6 is 11.3 Å². The summed E-state index contributed by atoms with van der Waals surface area (Å²) >= 11 is 1.22. The number of oxazole rings is 1. The van der Waals surface area contributed by atoms with Gasteiger partial charge in [-0.25, -0.2) is 9.97 Å². The Hall–Kier alpha value is -2.80. The van der Waals surface area contributed by atoms with Crippen LogP contribution in [0.3, 0.4) is 0 Å². The average Bonchev–Trinajstić information content (AvgIpc) is 3.16. The van der Waals surface area contributed by atoms with Gasteiger partial charge in [-0.3, -0.25) is 9.59 Å². The van der Waals surface area contributed by atoms with Gasteiger partial charge in [-0.1, -0.05) is 18.2 Å². The lowest BCUT2D eigenvalue weighted by molar-refractivity contribution is -0.115. The number of hydrogen-bond donors (Lipinski definition) is 1. The van der Waals surface area contributed by atoms with Crippen molar-refractivity contribution in [1.82, 2.24) is 9.97 Å². The van der Waals surface area contributed by atoms with E-state index in [2.05, 4.69) is 15.3 Å². The highest BCUT2D eigenvalue weighted by Gasteiger charge is 2.16. The van der Waals surface area contributed by atoms with E-state index in [-0.39, 0.29) is 18.1 Å². The molecular weight excluding hydrogens is 326 g/mol. The van der Waals surface area contributed by atoms with E-state index in [1.807, 2.05) is 30.3 Å². The second-order valence-corrected chi connectivity index (χ2v) is 6.07. The number of carbonyl (C=O) groups is 2.